The summed E-state index contributed by atoms with van der Waals surface area (Å²) in [6, 6.07) is 16.1. The van der Waals surface area contributed by atoms with Crippen molar-refractivity contribution in [1.82, 2.24) is 10.2 Å². The maximum absolute atomic E-state index is 12.5. The lowest BCUT2D eigenvalue weighted by Gasteiger charge is -2.30. The summed E-state index contributed by atoms with van der Waals surface area (Å²) in [6.07, 6.45) is 0. The normalized spacial score (nSPS) is 11.1. The highest BCUT2D eigenvalue weighted by molar-refractivity contribution is 5.94. The quantitative estimate of drug-likeness (QED) is 0.669. The zero-order chi connectivity index (χ0) is 20.5. The van der Waals surface area contributed by atoms with Gasteiger partial charge in [-0.2, -0.15) is 0 Å². The molecule has 5 heteroatoms. The molecule has 2 rings (SSSR count). The minimum Gasteiger partial charge on any atom is -0.493 e. The molecule has 28 heavy (non-hydrogen) atoms. The predicted octanol–water partition coefficient (Wildman–Crippen LogP) is 4.12. The molecule has 0 heterocycles. The van der Waals surface area contributed by atoms with E-state index in [4.69, 9.17) is 9.47 Å². The van der Waals surface area contributed by atoms with Gasteiger partial charge in [0.15, 0.2) is 11.5 Å². The molecule has 1 N–H and O–H groups in total. The van der Waals surface area contributed by atoms with Crippen LogP contribution in [0.5, 0.6) is 11.5 Å². The van der Waals surface area contributed by atoms with Gasteiger partial charge in [-0.05, 0) is 51.5 Å². The Morgan fingerprint density at radius 3 is 2.29 bits per heavy atom. The van der Waals surface area contributed by atoms with E-state index in [0.29, 0.717) is 42.3 Å². The van der Waals surface area contributed by atoms with Crippen LogP contribution in [0.25, 0.3) is 0 Å². The molecule has 0 spiro atoms. The van der Waals surface area contributed by atoms with Crippen LogP contribution < -0.4 is 14.8 Å². The topological polar surface area (TPSA) is 50.8 Å². The van der Waals surface area contributed by atoms with Gasteiger partial charge in [-0.15, -0.1) is 0 Å². The van der Waals surface area contributed by atoms with Crippen LogP contribution in [0.15, 0.2) is 48.5 Å². The van der Waals surface area contributed by atoms with E-state index < -0.39 is 0 Å². The first kappa shape index (κ1) is 21.8. The summed E-state index contributed by atoms with van der Waals surface area (Å²) < 4.78 is 11.3. The maximum Gasteiger partial charge on any atom is 0.251 e. The molecule has 0 atom stereocenters. The van der Waals surface area contributed by atoms with Crippen molar-refractivity contribution < 1.29 is 14.3 Å². The summed E-state index contributed by atoms with van der Waals surface area (Å²) in [4.78, 5) is 14.8. The van der Waals surface area contributed by atoms with E-state index in [1.165, 1.54) is 0 Å². The number of ether oxygens (including phenoxy) is 2. The van der Waals surface area contributed by atoms with E-state index in [0.717, 1.165) is 12.1 Å². The lowest BCUT2D eigenvalue weighted by atomic mass is 10.2. The minimum absolute atomic E-state index is 0.111. The fourth-order valence-electron chi connectivity index (χ4n) is 3.18. The highest BCUT2D eigenvalue weighted by Gasteiger charge is 2.15. The van der Waals surface area contributed by atoms with Gasteiger partial charge in [-0.1, -0.05) is 30.3 Å². The Hall–Kier alpha value is -2.53. The Kier molecular flexibility index (Phi) is 8.33. The van der Waals surface area contributed by atoms with Crippen LogP contribution in [0.3, 0.4) is 0 Å². The lowest BCUT2D eigenvalue weighted by Crippen LogP contribution is -2.42. The van der Waals surface area contributed by atoms with Crippen molar-refractivity contribution in [3.8, 4) is 11.5 Å². The molecule has 0 radical (unpaired) electrons. The van der Waals surface area contributed by atoms with Crippen LogP contribution in [0, 0.1) is 0 Å². The average molecular weight is 385 g/mol. The molecule has 0 unspecified atom stereocenters. The van der Waals surface area contributed by atoms with E-state index in [2.05, 4.69) is 37.9 Å². The molecule has 5 nitrogen and oxygen atoms in total. The molecule has 2 aromatic rings. The molecule has 152 valence electrons. The molecule has 0 saturated heterocycles. The summed E-state index contributed by atoms with van der Waals surface area (Å²) in [7, 11) is 1.58. The molecule has 0 aromatic heterocycles. The molecule has 0 saturated carbocycles. The largest absolute Gasteiger partial charge is 0.493 e. The van der Waals surface area contributed by atoms with E-state index in [9.17, 15) is 4.79 Å². The Morgan fingerprint density at radius 2 is 1.68 bits per heavy atom. The number of carbonyl (C=O) groups excluding carboxylic acids is 1. The fraction of sp³-hybridized carbons (Fsp3) is 0.435. The number of hydrogen-bond donors (Lipinski definition) is 1. The first-order chi connectivity index (χ1) is 13.4. The van der Waals surface area contributed by atoms with Crippen molar-refractivity contribution in [2.75, 3.05) is 20.2 Å². The van der Waals surface area contributed by atoms with E-state index >= 15 is 0 Å². The SMILES string of the molecule is COc1cc(C(=O)NCCN(C(C)C)C(C)C)ccc1OCc1ccccc1. The van der Waals surface area contributed by atoms with Crippen LogP contribution in [-0.4, -0.2) is 43.1 Å². The van der Waals surface area contributed by atoms with Gasteiger partial charge < -0.3 is 14.8 Å². The van der Waals surface area contributed by atoms with Crippen LogP contribution in [-0.2, 0) is 6.61 Å². The lowest BCUT2D eigenvalue weighted by molar-refractivity contribution is 0.0939. The van der Waals surface area contributed by atoms with Gasteiger partial charge in [0.2, 0.25) is 0 Å². The number of amides is 1. The summed E-state index contributed by atoms with van der Waals surface area (Å²) in [6.45, 7) is 10.5. The number of benzene rings is 2. The van der Waals surface area contributed by atoms with Gasteiger partial charge in [0, 0.05) is 30.7 Å². The van der Waals surface area contributed by atoms with Crippen LogP contribution >= 0.6 is 0 Å². The molecule has 0 fully saturated rings. The maximum atomic E-state index is 12.5. The molecule has 1 amide bonds. The fourth-order valence-corrected chi connectivity index (χ4v) is 3.18. The summed E-state index contributed by atoms with van der Waals surface area (Å²) in [5.74, 6) is 1.06. The second-order valence-electron chi connectivity index (χ2n) is 7.32. The first-order valence-electron chi connectivity index (χ1n) is 9.81. The van der Waals surface area contributed by atoms with Crippen molar-refractivity contribution in [2.24, 2.45) is 0 Å². The number of methoxy groups -OCH3 is 1. The molecular weight excluding hydrogens is 352 g/mol. The standard InChI is InChI=1S/C23H32N2O3/c1-17(2)25(18(3)4)14-13-24-23(26)20-11-12-21(22(15-20)27-5)28-16-19-9-7-6-8-10-19/h6-12,15,17-18H,13-14,16H2,1-5H3,(H,24,26). The van der Waals surface area contributed by atoms with E-state index in [-0.39, 0.29) is 5.91 Å². The van der Waals surface area contributed by atoms with Crippen molar-refractivity contribution in [1.29, 1.82) is 0 Å². The van der Waals surface area contributed by atoms with Crippen molar-refractivity contribution >= 4 is 5.91 Å². The van der Waals surface area contributed by atoms with Crippen LogP contribution in [0.1, 0.15) is 43.6 Å². The van der Waals surface area contributed by atoms with Gasteiger partial charge in [0.25, 0.3) is 5.91 Å². The monoisotopic (exact) mass is 384 g/mol. The second kappa shape index (κ2) is 10.7. The molecule has 2 aromatic carbocycles. The van der Waals surface area contributed by atoms with Gasteiger partial charge in [0.05, 0.1) is 7.11 Å². The van der Waals surface area contributed by atoms with Gasteiger partial charge in [-0.3, -0.25) is 9.69 Å². The Morgan fingerprint density at radius 1 is 1.00 bits per heavy atom. The highest BCUT2D eigenvalue weighted by Crippen LogP contribution is 2.28. The molecule has 0 bridgehead atoms. The van der Waals surface area contributed by atoms with Gasteiger partial charge in [0.1, 0.15) is 6.61 Å². The number of rotatable bonds is 10. The number of carbonyl (C=O) groups is 1. The predicted molar refractivity (Wildman–Crippen MR) is 113 cm³/mol. The van der Waals surface area contributed by atoms with Crippen molar-refractivity contribution in [2.45, 2.75) is 46.4 Å². The Labute approximate surface area is 168 Å². The average Bonchev–Trinajstić information content (AvgIpc) is 2.69. The zero-order valence-electron chi connectivity index (χ0n) is 17.6. The Balaban J connectivity index is 1.95. The van der Waals surface area contributed by atoms with Crippen molar-refractivity contribution in [3.63, 3.8) is 0 Å². The van der Waals surface area contributed by atoms with Gasteiger partial charge >= 0.3 is 0 Å². The highest BCUT2D eigenvalue weighted by atomic mass is 16.5. The van der Waals surface area contributed by atoms with E-state index in [1.54, 1.807) is 25.3 Å². The molecule has 0 aliphatic carbocycles. The second-order valence-corrected chi connectivity index (χ2v) is 7.32. The molecular formula is C23H32N2O3. The summed E-state index contributed by atoms with van der Waals surface area (Å²) >= 11 is 0. The minimum atomic E-state index is -0.111. The smallest absolute Gasteiger partial charge is 0.251 e. The first-order valence-corrected chi connectivity index (χ1v) is 9.81. The third-order valence-electron chi connectivity index (χ3n) is 4.65. The molecule has 0 aliphatic heterocycles. The van der Waals surface area contributed by atoms with Gasteiger partial charge in [-0.25, -0.2) is 0 Å². The van der Waals surface area contributed by atoms with Crippen molar-refractivity contribution in [3.05, 3.63) is 59.7 Å². The Bertz CT molecular complexity index is 737. The summed E-state index contributed by atoms with van der Waals surface area (Å²) in [5.41, 5.74) is 1.63. The summed E-state index contributed by atoms with van der Waals surface area (Å²) in [5, 5.41) is 2.99. The van der Waals surface area contributed by atoms with Crippen LogP contribution in [0.4, 0.5) is 0 Å². The number of nitrogens with zero attached hydrogens (tertiary/aromatic N) is 1. The van der Waals surface area contributed by atoms with Crippen LogP contribution in [0.2, 0.25) is 0 Å². The van der Waals surface area contributed by atoms with E-state index in [1.807, 2.05) is 30.3 Å². The third kappa shape index (κ3) is 6.27. The number of nitrogens with one attached hydrogen (secondary N) is 1. The molecule has 0 aliphatic rings. The third-order valence-corrected chi connectivity index (χ3v) is 4.65. The number of hydrogen-bond acceptors (Lipinski definition) is 4. The zero-order valence-corrected chi connectivity index (χ0v) is 17.6.